The van der Waals surface area contributed by atoms with Crippen LogP contribution >= 0.6 is 0 Å². The number of hydrogen-bond acceptors (Lipinski definition) is 4. The monoisotopic (exact) mass is 279 g/mol. The first kappa shape index (κ1) is 13.1. The molecule has 3 aromatic rings. The Morgan fingerprint density at radius 1 is 1.19 bits per heavy atom. The van der Waals surface area contributed by atoms with E-state index in [1.54, 1.807) is 31.6 Å². The maximum atomic E-state index is 11.3. The Kier molecular flexibility index (Phi) is 3.23. The fraction of sp³-hybridized carbons (Fsp3) is 0.0625. The van der Waals surface area contributed by atoms with E-state index >= 15 is 0 Å². The first-order valence-corrected chi connectivity index (χ1v) is 6.38. The standard InChI is InChI=1S/C16H13N3O2/c1-21-12-4-2-3-10(7-12)13-9-18-8-11-5-6-14(16(17)20)19-15(11)13/h2-9H,1H3,(H2,17,20). The summed E-state index contributed by atoms with van der Waals surface area (Å²) in [6, 6.07) is 11.0. The number of carbonyl (C=O) groups excluding carboxylic acids is 1. The predicted molar refractivity (Wildman–Crippen MR) is 80.0 cm³/mol. The van der Waals surface area contributed by atoms with Gasteiger partial charge >= 0.3 is 0 Å². The van der Waals surface area contributed by atoms with Crippen molar-refractivity contribution in [3.8, 4) is 16.9 Å². The normalized spacial score (nSPS) is 10.5. The third kappa shape index (κ3) is 2.41. The molecule has 0 radical (unpaired) electrons. The lowest BCUT2D eigenvalue weighted by molar-refractivity contribution is 0.0996. The van der Waals surface area contributed by atoms with Crippen molar-refractivity contribution < 1.29 is 9.53 Å². The van der Waals surface area contributed by atoms with Gasteiger partial charge in [-0.05, 0) is 29.8 Å². The first-order valence-electron chi connectivity index (χ1n) is 6.38. The minimum Gasteiger partial charge on any atom is -0.497 e. The van der Waals surface area contributed by atoms with Gasteiger partial charge in [-0.25, -0.2) is 4.98 Å². The average molecular weight is 279 g/mol. The Balaban J connectivity index is 2.25. The summed E-state index contributed by atoms with van der Waals surface area (Å²) in [5, 5.41) is 0.848. The third-order valence-corrected chi connectivity index (χ3v) is 3.23. The Morgan fingerprint density at radius 3 is 2.81 bits per heavy atom. The van der Waals surface area contributed by atoms with Gasteiger partial charge in [-0.2, -0.15) is 0 Å². The lowest BCUT2D eigenvalue weighted by atomic mass is 10.0. The molecule has 0 bridgehead atoms. The summed E-state index contributed by atoms with van der Waals surface area (Å²) in [6.45, 7) is 0. The van der Waals surface area contributed by atoms with Gasteiger partial charge in [0.15, 0.2) is 0 Å². The predicted octanol–water partition coefficient (Wildman–Crippen LogP) is 2.40. The lowest BCUT2D eigenvalue weighted by Crippen LogP contribution is -2.12. The fourth-order valence-corrected chi connectivity index (χ4v) is 2.18. The lowest BCUT2D eigenvalue weighted by Gasteiger charge is -2.08. The Bertz CT molecular complexity index is 831. The van der Waals surface area contributed by atoms with Crippen molar-refractivity contribution in [1.29, 1.82) is 0 Å². The second kappa shape index (κ2) is 5.20. The smallest absolute Gasteiger partial charge is 0.267 e. The van der Waals surface area contributed by atoms with Gasteiger partial charge in [0, 0.05) is 23.3 Å². The van der Waals surface area contributed by atoms with Gasteiger partial charge < -0.3 is 10.5 Å². The Labute approximate surface area is 121 Å². The molecule has 0 saturated heterocycles. The van der Waals surface area contributed by atoms with Gasteiger partial charge in [-0.1, -0.05) is 12.1 Å². The molecule has 0 aliphatic heterocycles. The first-order chi connectivity index (χ1) is 10.2. The van der Waals surface area contributed by atoms with E-state index in [1.165, 1.54) is 0 Å². The third-order valence-electron chi connectivity index (χ3n) is 3.23. The van der Waals surface area contributed by atoms with Crippen molar-refractivity contribution in [2.75, 3.05) is 7.11 Å². The Hall–Kier alpha value is -2.95. The van der Waals surface area contributed by atoms with Crippen molar-refractivity contribution >= 4 is 16.8 Å². The van der Waals surface area contributed by atoms with Crippen LogP contribution in [0.5, 0.6) is 5.75 Å². The van der Waals surface area contributed by atoms with Crippen molar-refractivity contribution in [1.82, 2.24) is 9.97 Å². The van der Waals surface area contributed by atoms with Crippen LogP contribution in [0.25, 0.3) is 22.0 Å². The van der Waals surface area contributed by atoms with E-state index in [9.17, 15) is 4.79 Å². The SMILES string of the molecule is COc1cccc(-c2cncc3ccc(C(N)=O)nc23)c1. The van der Waals surface area contributed by atoms with Crippen LogP contribution in [0.1, 0.15) is 10.5 Å². The second-order valence-electron chi connectivity index (χ2n) is 4.55. The quantitative estimate of drug-likeness (QED) is 0.798. The maximum absolute atomic E-state index is 11.3. The van der Waals surface area contributed by atoms with Crippen LogP contribution in [-0.4, -0.2) is 23.0 Å². The number of fused-ring (bicyclic) bond motifs is 1. The molecule has 104 valence electrons. The highest BCUT2D eigenvalue weighted by molar-refractivity contribution is 5.97. The molecule has 0 unspecified atom stereocenters. The summed E-state index contributed by atoms with van der Waals surface area (Å²) < 4.78 is 5.24. The van der Waals surface area contributed by atoms with E-state index in [0.717, 1.165) is 22.3 Å². The number of nitrogens with zero attached hydrogens (tertiary/aromatic N) is 2. The van der Waals surface area contributed by atoms with E-state index in [-0.39, 0.29) is 5.69 Å². The van der Waals surface area contributed by atoms with Crippen LogP contribution in [0.15, 0.2) is 48.8 Å². The van der Waals surface area contributed by atoms with Crippen molar-refractivity contribution in [3.63, 3.8) is 0 Å². The molecule has 0 spiro atoms. The van der Waals surface area contributed by atoms with Gasteiger partial charge in [0.25, 0.3) is 5.91 Å². The number of benzene rings is 1. The number of primary amides is 1. The molecule has 0 atom stereocenters. The number of aromatic nitrogens is 2. The largest absolute Gasteiger partial charge is 0.497 e. The zero-order chi connectivity index (χ0) is 14.8. The van der Waals surface area contributed by atoms with Gasteiger partial charge in [-0.15, -0.1) is 0 Å². The number of amides is 1. The van der Waals surface area contributed by atoms with E-state index in [0.29, 0.717) is 5.52 Å². The van der Waals surface area contributed by atoms with Gasteiger partial charge in [0.1, 0.15) is 11.4 Å². The zero-order valence-corrected chi connectivity index (χ0v) is 11.4. The zero-order valence-electron chi connectivity index (χ0n) is 11.4. The average Bonchev–Trinajstić information content (AvgIpc) is 2.53. The van der Waals surface area contributed by atoms with Crippen molar-refractivity contribution in [3.05, 3.63) is 54.5 Å². The van der Waals surface area contributed by atoms with Gasteiger partial charge in [-0.3, -0.25) is 9.78 Å². The van der Waals surface area contributed by atoms with Crippen LogP contribution in [0.3, 0.4) is 0 Å². The summed E-state index contributed by atoms with van der Waals surface area (Å²) in [7, 11) is 1.61. The molecule has 0 saturated carbocycles. The molecule has 21 heavy (non-hydrogen) atoms. The molecule has 1 aromatic carbocycles. The number of rotatable bonds is 3. The van der Waals surface area contributed by atoms with Gasteiger partial charge in [0.2, 0.25) is 0 Å². The molecule has 5 nitrogen and oxygen atoms in total. The topological polar surface area (TPSA) is 78.1 Å². The number of hydrogen-bond donors (Lipinski definition) is 1. The summed E-state index contributed by atoms with van der Waals surface area (Å²) >= 11 is 0. The minimum absolute atomic E-state index is 0.234. The van der Waals surface area contributed by atoms with Crippen molar-refractivity contribution in [2.45, 2.75) is 0 Å². The molecule has 2 N–H and O–H groups in total. The van der Waals surface area contributed by atoms with Crippen LogP contribution in [0.2, 0.25) is 0 Å². The molecule has 0 aliphatic rings. The molecular formula is C16H13N3O2. The summed E-state index contributed by atoms with van der Waals surface area (Å²) in [5.74, 6) is 0.195. The number of methoxy groups -OCH3 is 1. The summed E-state index contributed by atoms with van der Waals surface area (Å²) in [4.78, 5) is 19.9. The van der Waals surface area contributed by atoms with Crippen LogP contribution in [-0.2, 0) is 0 Å². The van der Waals surface area contributed by atoms with E-state index in [2.05, 4.69) is 9.97 Å². The maximum Gasteiger partial charge on any atom is 0.267 e. The summed E-state index contributed by atoms with van der Waals surface area (Å²) in [5.41, 5.74) is 7.97. The second-order valence-corrected chi connectivity index (χ2v) is 4.55. The highest BCUT2D eigenvalue weighted by Crippen LogP contribution is 2.28. The fourth-order valence-electron chi connectivity index (χ4n) is 2.18. The molecule has 2 heterocycles. The van der Waals surface area contributed by atoms with Crippen LogP contribution < -0.4 is 10.5 Å². The number of nitrogens with two attached hydrogens (primary N) is 1. The van der Waals surface area contributed by atoms with E-state index in [1.807, 2.05) is 24.3 Å². The molecule has 1 amide bonds. The molecule has 5 heteroatoms. The molecule has 0 aliphatic carbocycles. The number of ether oxygens (including phenoxy) is 1. The van der Waals surface area contributed by atoms with Crippen LogP contribution in [0.4, 0.5) is 0 Å². The molecule has 0 fully saturated rings. The summed E-state index contributed by atoms with van der Waals surface area (Å²) in [6.07, 6.45) is 3.42. The molecule has 2 aromatic heterocycles. The number of pyridine rings is 2. The minimum atomic E-state index is -0.551. The molecular weight excluding hydrogens is 266 g/mol. The van der Waals surface area contributed by atoms with E-state index in [4.69, 9.17) is 10.5 Å². The highest BCUT2D eigenvalue weighted by atomic mass is 16.5. The Morgan fingerprint density at radius 2 is 2.05 bits per heavy atom. The highest BCUT2D eigenvalue weighted by Gasteiger charge is 2.10. The van der Waals surface area contributed by atoms with E-state index < -0.39 is 5.91 Å². The van der Waals surface area contributed by atoms with Crippen LogP contribution in [0, 0.1) is 0 Å². The van der Waals surface area contributed by atoms with Crippen molar-refractivity contribution in [2.24, 2.45) is 5.73 Å². The van der Waals surface area contributed by atoms with Gasteiger partial charge in [0.05, 0.1) is 12.6 Å². The molecule has 3 rings (SSSR count). The number of carbonyl (C=O) groups is 1.